The van der Waals surface area contributed by atoms with Gasteiger partial charge in [0.2, 0.25) is 0 Å². The van der Waals surface area contributed by atoms with Gasteiger partial charge in [0, 0.05) is 6.04 Å². The second-order valence-electron chi connectivity index (χ2n) is 6.18. The van der Waals surface area contributed by atoms with Crippen LogP contribution in [-0.4, -0.2) is 20.6 Å². The fraction of sp³-hybridized carbons (Fsp3) is 0.529. The van der Waals surface area contributed by atoms with Gasteiger partial charge in [0.1, 0.15) is 5.82 Å². The Morgan fingerprint density at radius 1 is 1.33 bits per heavy atom. The van der Waals surface area contributed by atoms with Crippen LogP contribution in [0, 0.1) is 12.8 Å². The minimum absolute atomic E-state index is 0.303. The van der Waals surface area contributed by atoms with Gasteiger partial charge >= 0.3 is 5.97 Å². The van der Waals surface area contributed by atoms with E-state index < -0.39 is 5.97 Å². The number of nitrogens with zero attached hydrogens (tertiary/aromatic N) is 2. The lowest BCUT2D eigenvalue weighted by Gasteiger charge is -2.29. The quantitative estimate of drug-likeness (QED) is 0.920. The molecule has 0 aliphatic heterocycles. The molecule has 1 aromatic heterocycles. The monoisotopic (exact) mass is 286 g/mol. The maximum absolute atomic E-state index is 11.1. The van der Waals surface area contributed by atoms with E-state index in [2.05, 4.69) is 16.5 Å². The zero-order valence-corrected chi connectivity index (χ0v) is 12.7. The number of fused-ring (bicyclic) bond motifs is 1. The molecule has 4 nitrogen and oxygen atoms in total. The molecule has 1 N–H and O–H groups in total. The van der Waals surface area contributed by atoms with Gasteiger partial charge in [0.25, 0.3) is 0 Å². The third-order valence-corrected chi connectivity index (χ3v) is 4.85. The number of aromatic carboxylic acids is 1. The average molecular weight is 286 g/mol. The molecule has 21 heavy (non-hydrogen) atoms. The fourth-order valence-corrected chi connectivity index (χ4v) is 3.69. The van der Waals surface area contributed by atoms with Crippen molar-refractivity contribution >= 4 is 17.0 Å². The van der Waals surface area contributed by atoms with E-state index in [1.165, 1.54) is 32.1 Å². The first-order chi connectivity index (χ1) is 10.1. The van der Waals surface area contributed by atoms with Crippen LogP contribution in [0.3, 0.4) is 0 Å². The van der Waals surface area contributed by atoms with Crippen molar-refractivity contribution in [2.24, 2.45) is 5.92 Å². The number of aromatic nitrogens is 2. The Labute approximate surface area is 124 Å². The zero-order valence-electron chi connectivity index (χ0n) is 12.7. The smallest absolute Gasteiger partial charge is 0.335 e. The van der Waals surface area contributed by atoms with Crippen molar-refractivity contribution in [1.82, 2.24) is 9.55 Å². The summed E-state index contributed by atoms with van der Waals surface area (Å²) in [7, 11) is 0. The number of rotatable bonds is 3. The van der Waals surface area contributed by atoms with Crippen molar-refractivity contribution in [1.29, 1.82) is 0 Å². The number of imidazole rings is 1. The summed E-state index contributed by atoms with van der Waals surface area (Å²) in [5.74, 6) is 0.782. The first-order valence-corrected chi connectivity index (χ1v) is 7.80. The average Bonchev–Trinajstić information content (AvgIpc) is 2.82. The van der Waals surface area contributed by atoms with Gasteiger partial charge in [-0.15, -0.1) is 0 Å². The normalized spacial score (nSPS) is 18.0. The van der Waals surface area contributed by atoms with Gasteiger partial charge in [0.15, 0.2) is 0 Å². The minimum Gasteiger partial charge on any atom is -0.478 e. The van der Waals surface area contributed by atoms with Crippen LogP contribution in [0.5, 0.6) is 0 Å². The number of carbonyl (C=O) groups is 1. The Morgan fingerprint density at radius 3 is 2.71 bits per heavy atom. The Morgan fingerprint density at radius 2 is 2.05 bits per heavy atom. The van der Waals surface area contributed by atoms with Crippen molar-refractivity contribution in [3.63, 3.8) is 0 Å². The van der Waals surface area contributed by atoms with Crippen LogP contribution in [0.4, 0.5) is 0 Å². The van der Waals surface area contributed by atoms with Crippen LogP contribution in [0.25, 0.3) is 11.0 Å². The van der Waals surface area contributed by atoms with Gasteiger partial charge in [-0.1, -0.05) is 19.3 Å². The molecule has 1 aliphatic rings. The highest BCUT2D eigenvalue weighted by atomic mass is 16.4. The second kappa shape index (κ2) is 5.51. The molecule has 0 saturated heterocycles. The summed E-state index contributed by atoms with van der Waals surface area (Å²) >= 11 is 0. The van der Waals surface area contributed by atoms with Gasteiger partial charge in [-0.3, -0.25) is 0 Å². The van der Waals surface area contributed by atoms with E-state index in [-0.39, 0.29) is 0 Å². The molecule has 112 valence electrons. The van der Waals surface area contributed by atoms with E-state index in [9.17, 15) is 4.79 Å². The van der Waals surface area contributed by atoms with E-state index in [0.717, 1.165) is 16.9 Å². The number of aryl methyl sites for hydroxylation is 1. The van der Waals surface area contributed by atoms with E-state index in [0.29, 0.717) is 17.5 Å². The molecule has 3 rings (SSSR count). The molecule has 0 amide bonds. The third kappa shape index (κ3) is 2.55. The molecule has 0 radical (unpaired) electrons. The Kier molecular flexibility index (Phi) is 3.70. The minimum atomic E-state index is -0.899. The molecule has 0 spiro atoms. The number of carboxylic acids is 1. The maximum atomic E-state index is 11.1. The topological polar surface area (TPSA) is 55.1 Å². The summed E-state index contributed by atoms with van der Waals surface area (Å²) in [5, 5.41) is 9.10. The number of hydrogen-bond donors (Lipinski definition) is 1. The molecule has 1 unspecified atom stereocenters. The predicted octanol–water partition coefficient (Wildman–Crippen LogP) is 4.18. The molecular formula is C17H22N2O2. The summed E-state index contributed by atoms with van der Waals surface area (Å²) in [4.78, 5) is 15.7. The van der Waals surface area contributed by atoms with Gasteiger partial charge in [-0.2, -0.15) is 0 Å². The summed E-state index contributed by atoms with van der Waals surface area (Å²) in [6.45, 7) is 4.29. The van der Waals surface area contributed by atoms with E-state index in [1.807, 2.05) is 13.0 Å². The lowest BCUT2D eigenvalue weighted by molar-refractivity contribution is 0.0697. The molecule has 1 aromatic carbocycles. The van der Waals surface area contributed by atoms with E-state index in [1.54, 1.807) is 12.1 Å². The maximum Gasteiger partial charge on any atom is 0.335 e. The first-order valence-electron chi connectivity index (χ1n) is 7.80. The van der Waals surface area contributed by atoms with Gasteiger partial charge < -0.3 is 9.67 Å². The number of benzene rings is 1. The van der Waals surface area contributed by atoms with E-state index >= 15 is 0 Å². The van der Waals surface area contributed by atoms with Crippen LogP contribution in [-0.2, 0) is 0 Å². The number of carboxylic acid groups (broad SMARTS) is 1. The van der Waals surface area contributed by atoms with Crippen LogP contribution in [0.15, 0.2) is 18.2 Å². The highest BCUT2D eigenvalue weighted by Crippen LogP contribution is 2.35. The largest absolute Gasteiger partial charge is 0.478 e. The van der Waals surface area contributed by atoms with Gasteiger partial charge in [0.05, 0.1) is 16.6 Å². The highest BCUT2D eigenvalue weighted by molar-refractivity contribution is 5.92. The van der Waals surface area contributed by atoms with Crippen LogP contribution < -0.4 is 0 Å². The fourth-order valence-electron chi connectivity index (χ4n) is 3.69. The molecule has 1 aliphatic carbocycles. The Bertz CT molecular complexity index is 669. The Hall–Kier alpha value is -1.84. The van der Waals surface area contributed by atoms with Crippen LogP contribution in [0.1, 0.15) is 61.3 Å². The summed E-state index contributed by atoms with van der Waals surface area (Å²) in [5.41, 5.74) is 2.14. The van der Waals surface area contributed by atoms with Crippen LogP contribution >= 0.6 is 0 Å². The highest BCUT2D eigenvalue weighted by Gasteiger charge is 2.24. The lowest BCUT2D eigenvalue weighted by Crippen LogP contribution is -2.20. The Balaban J connectivity index is 2.01. The van der Waals surface area contributed by atoms with Gasteiger partial charge in [-0.05, 0) is 50.8 Å². The standard InChI is InChI=1S/C17H22N2O2/c1-11(13-6-4-3-5-7-13)19-12(2)18-15-10-14(17(20)21)8-9-16(15)19/h8-11,13H,3-7H2,1-2H3,(H,20,21). The molecular weight excluding hydrogens is 264 g/mol. The predicted molar refractivity (Wildman–Crippen MR) is 82.7 cm³/mol. The SMILES string of the molecule is Cc1nc2cc(C(=O)O)ccc2n1C(C)C1CCCCC1. The molecule has 1 fully saturated rings. The molecule has 1 saturated carbocycles. The third-order valence-electron chi connectivity index (χ3n) is 4.85. The summed E-state index contributed by atoms with van der Waals surface area (Å²) < 4.78 is 2.29. The summed E-state index contributed by atoms with van der Waals surface area (Å²) in [6.07, 6.45) is 6.57. The molecule has 2 aromatic rings. The second-order valence-corrected chi connectivity index (χ2v) is 6.18. The first kappa shape index (κ1) is 14.1. The summed E-state index contributed by atoms with van der Waals surface area (Å²) in [6, 6.07) is 5.67. The van der Waals surface area contributed by atoms with Crippen LogP contribution in [0.2, 0.25) is 0 Å². The number of hydrogen-bond acceptors (Lipinski definition) is 2. The zero-order chi connectivity index (χ0) is 15.0. The van der Waals surface area contributed by atoms with Gasteiger partial charge in [-0.25, -0.2) is 9.78 Å². The lowest BCUT2D eigenvalue weighted by atomic mass is 9.84. The molecule has 1 heterocycles. The molecule has 1 atom stereocenters. The van der Waals surface area contributed by atoms with Crippen molar-refractivity contribution in [2.45, 2.75) is 52.0 Å². The molecule has 4 heteroatoms. The van der Waals surface area contributed by atoms with Crippen molar-refractivity contribution in [2.75, 3.05) is 0 Å². The molecule has 0 bridgehead atoms. The van der Waals surface area contributed by atoms with Crippen molar-refractivity contribution < 1.29 is 9.90 Å². The van der Waals surface area contributed by atoms with E-state index in [4.69, 9.17) is 5.11 Å². The van der Waals surface area contributed by atoms with Crippen molar-refractivity contribution in [3.05, 3.63) is 29.6 Å². The van der Waals surface area contributed by atoms with Crippen molar-refractivity contribution in [3.8, 4) is 0 Å².